The van der Waals surface area contributed by atoms with Crippen molar-refractivity contribution >= 4 is 81.9 Å². The lowest BCUT2D eigenvalue weighted by Crippen LogP contribution is -2.21. The van der Waals surface area contributed by atoms with Crippen molar-refractivity contribution in [3.05, 3.63) is 366 Å². The fraction of sp³-hybridized carbons (Fsp3) is 0.0267. The van der Waals surface area contributed by atoms with Crippen LogP contribution < -0.4 is 54.6 Å². The van der Waals surface area contributed by atoms with E-state index in [0.717, 1.165) is 40.7 Å². The van der Waals surface area contributed by atoms with Crippen LogP contribution in [-0.2, 0) is 0 Å². The monoisotopic (exact) mass is 1710 g/mol. The number of nitrogens with one attached hydrogen (secondary N) is 10. The predicted molar refractivity (Wildman–Crippen MR) is 401 cm³/mol. The molecule has 11 rings (SSSR count). The summed E-state index contributed by atoms with van der Waals surface area (Å²) in [6.07, 6.45) is 7.35. The zero-order chi connectivity index (χ0) is 90.8. The number of Topliss-reactive ketones (excluding diaryl/α,β-unsaturated/α-hetero) is 1. The van der Waals surface area contributed by atoms with Crippen LogP contribution in [0.5, 0.6) is 0 Å². The van der Waals surface area contributed by atoms with Crippen LogP contribution in [0.25, 0.3) is 0 Å². The molecule has 0 saturated carbocycles. The number of carbonyl (C=O) groups excluding carboxylic acids is 11. The highest BCUT2D eigenvalue weighted by molar-refractivity contribution is 7.12. The van der Waals surface area contributed by atoms with Crippen molar-refractivity contribution in [2.75, 3.05) is 13.7 Å². The van der Waals surface area contributed by atoms with Crippen molar-refractivity contribution in [1.82, 2.24) is 69.6 Å². The van der Waals surface area contributed by atoms with Gasteiger partial charge in [-0.1, -0.05) is 42.5 Å². The van der Waals surface area contributed by atoms with Gasteiger partial charge in [0.25, 0.3) is 64.8 Å². The Bertz CT molecular complexity index is 4930. The summed E-state index contributed by atoms with van der Waals surface area (Å²) < 4.78 is 87.6. The maximum absolute atomic E-state index is 12.7. The van der Waals surface area contributed by atoms with Gasteiger partial charge in [-0.05, 0) is 145 Å². The molecule has 0 aliphatic carbocycles. The van der Waals surface area contributed by atoms with Crippen molar-refractivity contribution in [3.8, 4) is 6.07 Å². The summed E-state index contributed by atoms with van der Waals surface area (Å²) in [5.41, 5.74) is 13.6. The Morgan fingerprint density at radius 3 is 1.25 bits per heavy atom. The topological polar surface area (TPSA) is 616 Å². The van der Waals surface area contributed by atoms with Crippen molar-refractivity contribution in [2.45, 2.75) is 0 Å². The van der Waals surface area contributed by atoms with Crippen LogP contribution in [0.3, 0.4) is 0 Å². The molecule has 0 saturated heterocycles. The molecule has 20 N–H and O–H groups in total. The van der Waals surface area contributed by atoms with Gasteiger partial charge in [0.1, 0.15) is 58.6 Å². The molecule has 0 bridgehead atoms. The lowest BCUT2D eigenvalue weighted by Gasteiger charge is -2.01. The van der Waals surface area contributed by atoms with Crippen LogP contribution in [0.4, 0.5) is 36.4 Å². The average molecular weight is 1710 g/mol. The van der Waals surface area contributed by atoms with Gasteiger partial charge in [0.15, 0.2) is 5.78 Å². The number of nitro benzene ring substituents is 1. The van der Waals surface area contributed by atoms with E-state index in [2.05, 4.69) is 20.3 Å². The Morgan fingerprint density at radius 2 is 0.826 bits per heavy atom. The van der Waals surface area contributed by atoms with Gasteiger partial charge in [-0.3, -0.25) is 125 Å². The summed E-state index contributed by atoms with van der Waals surface area (Å²) in [5.74, 6) is -13.8. The van der Waals surface area contributed by atoms with E-state index < -0.39 is 122 Å². The van der Waals surface area contributed by atoms with Crippen LogP contribution in [0, 0.1) is 62.2 Å². The highest BCUT2D eigenvalue weighted by Gasteiger charge is 2.19. The van der Waals surface area contributed by atoms with Gasteiger partial charge in [-0.15, -0.1) is 11.3 Å². The molecular formula is C75H66F7N15O23S. The number of benzene rings is 7. The smallest absolute Gasteiger partial charge is 0.293 e. The molecular weight excluding hydrogens is 1640 g/mol. The molecule has 7 aromatic carbocycles. The number of hydrogen-bond donors (Lipinski definition) is 20. The van der Waals surface area contributed by atoms with Crippen LogP contribution in [0.2, 0.25) is 0 Å². The molecule has 0 radical (unpaired) electrons. The summed E-state index contributed by atoms with van der Waals surface area (Å²) in [7, 11) is 1.63. The molecule has 634 valence electrons. The van der Waals surface area contributed by atoms with Crippen molar-refractivity contribution in [1.29, 1.82) is 5.26 Å². The van der Waals surface area contributed by atoms with Gasteiger partial charge in [-0.25, -0.2) is 80.1 Å². The van der Waals surface area contributed by atoms with Crippen LogP contribution in [0.1, 0.15) is 119 Å². The number of aliphatic hydroxyl groups is 1. The van der Waals surface area contributed by atoms with Crippen molar-refractivity contribution in [3.63, 3.8) is 0 Å². The highest BCUT2D eigenvalue weighted by Crippen LogP contribution is 2.16. The Hall–Kier alpha value is -15.9. The number of nitrogens with zero attached hydrogens (tertiary/aromatic N) is 5. The second-order valence-electron chi connectivity index (χ2n) is 21.0. The van der Waals surface area contributed by atoms with E-state index in [1.54, 1.807) is 79.4 Å². The number of aromatic nitrogens is 3. The van der Waals surface area contributed by atoms with E-state index in [9.17, 15) is 93.6 Å². The number of pyridine rings is 3. The number of amides is 10. The number of thiophene rings is 1. The fourth-order valence-corrected chi connectivity index (χ4v) is 8.08. The van der Waals surface area contributed by atoms with E-state index >= 15 is 0 Å². The second kappa shape index (κ2) is 58.8. The minimum Gasteiger partial charge on any atom is -0.388 e. The van der Waals surface area contributed by atoms with E-state index in [4.69, 9.17) is 57.2 Å². The average Bonchev–Trinajstić information content (AvgIpc) is 1.08. The van der Waals surface area contributed by atoms with Gasteiger partial charge in [0.05, 0.1) is 38.1 Å². The van der Waals surface area contributed by atoms with E-state index in [-0.39, 0.29) is 34.0 Å². The molecule has 0 aliphatic rings. The lowest BCUT2D eigenvalue weighted by atomic mass is 10.1. The maximum atomic E-state index is 12.7. The maximum Gasteiger partial charge on any atom is 0.293 e. The summed E-state index contributed by atoms with van der Waals surface area (Å²) in [6.45, 7) is -0.586. The number of nitro groups is 1. The van der Waals surface area contributed by atoms with Gasteiger partial charge in [0.2, 0.25) is 0 Å². The van der Waals surface area contributed by atoms with Gasteiger partial charge in [0, 0.05) is 96.2 Å². The largest absolute Gasteiger partial charge is 0.388 e. The minimum absolute atomic E-state index is 0.00926. The molecule has 121 heavy (non-hydrogen) atoms. The van der Waals surface area contributed by atoms with E-state index in [1.165, 1.54) is 172 Å². The van der Waals surface area contributed by atoms with Gasteiger partial charge >= 0.3 is 0 Å². The Labute approximate surface area is 679 Å². The van der Waals surface area contributed by atoms with Crippen molar-refractivity contribution < 1.29 is 140 Å². The highest BCUT2D eigenvalue weighted by atomic mass is 32.1. The minimum atomic E-state index is -1.37. The number of ketones is 1. The molecule has 0 spiro atoms. The number of non-ortho nitro benzene ring substituents is 1. The molecule has 0 atom stereocenters. The first-order valence-corrected chi connectivity index (χ1v) is 33.2. The van der Waals surface area contributed by atoms with Gasteiger partial charge in [-0.2, -0.15) is 5.26 Å². The van der Waals surface area contributed by atoms with Crippen molar-refractivity contribution in [2.24, 2.45) is 0 Å². The number of hydrogen-bond acceptors (Lipinski definition) is 28. The third-order valence-electron chi connectivity index (χ3n) is 13.1. The quantitative estimate of drug-likeness (QED) is 0.0170. The molecule has 11 aromatic rings. The molecule has 4 aromatic heterocycles. The van der Waals surface area contributed by atoms with E-state index in [0.29, 0.717) is 46.0 Å². The number of nitriles is 1. The predicted octanol–water partition coefficient (Wildman–Crippen LogP) is 8.16. The van der Waals surface area contributed by atoms with Gasteiger partial charge < -0.3 is 10.4 Å². The summed E-state index contributed by atoms with van der Waals surface area (Å²) in [6, 6.07) is 49.5. The first kappa shape index (κ1) is 103. The third kappa shape index (κ3) is 39.8. The van der Waals surface area contributed by atoms with Crippen LogP contribution in [0.15, 0.2) is 249 Å². The summed E-state index contributed by atoms with van der Waals surface area (Å²) in [4.78, 5) is 139. The second-order valence-corrected chi connectivity index (χ2v) is 22.0. The number of carbonyl (C=O) groups is 11. The standard InChI is InChI=1S/C8H6N2O2.C8H7NO4.C7H4F3NO2.C7H5F2NO2.2C7H6FNO2.C7H7NO2.3C6H6N2O2.C6H7NOS/c9-5-6-1-3-7(4-2-6)8(11)10-12;10-5-8(11)6-1-3-7(4-2-6)9(12)13;8-3-1-4(9)6(5(10)2-3)7(12)11-13;8-4-1-2-5(6(9)3-4)7(11)10-12;8-6-3-1-5(2-4-6)7(10)9-11;8-6-4-2-1-3-5(6)7(10)9-11;9-7(8-10)6-4-2-1-3-5-6;9-6(8-10)5-1-3-7-4-2-5;9-6(8-10)5-2-1-3-7-4-5;9-6(8-10)5-3-1-2-4-7-5;1-7-6(8)5-3-2-4-9-5/h1-4,12H,(H,10,11);1-4,10H,5H2;1-2,13H,(H,11,12);1-3,12H,(H,10,11);2*1-4,11H,(H,9,10);1-5,10H,(H,8,9);3*1-4,10H,(H,8,9);2-4H,1H3,(H,7,8). The number of halogens is 7. The first-order valence-electron chi connectivity index (χ1n) is 32.3. The van der Waals surface area contributed by atoms with E-state index in [1.807, 2.05) is 17.5 Å². The molecule has 4 heterocycles. The third-order valence-corrected chi connectivity index (χ3v) is 14.0. The number of aliphatic hydroxyl groups excluding tert-OH is 1. The summed E-state index contributed by atoms with van der Waals surface area (Å²) in [5, 5.41) is 105. The first-order chi connectivity index (χ1) is 57.8. The number of rotatable bonds is 13. The zero-order valence-corrected chi connectivity index (χ0v) is 62.3. The molecule has 10 amide bonds. The Morgan fingerprint density at radius 1 is 0.397 bits per heavy atom. The molecule has 38 nitrogen and oxygen atoms in total. The van der Waals surface area contributed by atoms with Crippen LogP contribution in [-0.4, -0.2) is 150 Å². The zero-order valence-electron chi connectivity index (χ0n) is 61.4. The Kier molecular flexibility index (Phi) is 50.1. The Balaban J connectivity index is 0.000000666. The molecule has 46 heteroatoms. The van der Waals surface area contributed by atoms with Crippen LogP contribution >= 0.6 is 11.3 Å². The molecule has 0 aliphatic heterocycles. The SMILES string of the molecule is CNC(=O)c1cccs1.N#Cc1ccc(C(=O)NO)cc1.O=C(CO)c1ccc([N+](=O)[O-])cc1.O=C(NO)c1c(F)cc(F)cc1F.O=C(NO)c1ccc(F)cc1.O=C(NO)c1ccc(F)cc1F.O=C(NO)c1ccccc1.O=C(NO)c1ccccc1F.O=C(NO)c1ccccn1.O=C(NO)c1cccnc1.O=C(NO)c1ccncc1. The molecule has 0 unspecified atom stereocenters. The molecule has 0 fully saturated rings. The summed E-state index contributed by atoms with van der Waals surface area (Å²) >= 11 is 1.44. The number of hydroxylamine groups is 9. The normalized spacial score (nSPS) is 9.20. The fourth-order valence-electron chi connectivity index (χ4n) is 7.41. The lowest BCUT2D eigenvalue weighted by molar-refractivity contribution is -0.384.